The first kappa shape index (κ1) is 25.2. The van der Waals surface area contributed by atoms with Gasteiger partial charge < -0.3 is 9.84 Å². The van der Waals surface area contributed by atoms with Gasteiger partial charge in [-0.2, -0.15) is 5.11 Å². The SMILES string of the molecule is CC(C)(Oc1ccc(C(N=Nc2ccc([N+](=O)[O-])cc2[N+](=O)[O-])c2ccc(Cl)cc2)cc1)C(=O)O. The summed E-state index contributed by atoms with van der Waals surface area (Å²) in [6.45, 7) is 2.84. The fraction of sp³-hybridized carbons (Fsp3) is 0.174. The van der Waals surface area contributed by atoms with Crippen molar-refractivity contribution in [3.05, 3.63) is 103 Å². The molecule has 0 aliphatic rings. The molecule has 0 aliphatic carbocycles. The van der Waals surface area contributed by atoms with Gasteiger partial charge in [-0.05, 0) is 55.3 Å². The Bertz CT molecular complexity index is 1290. The van der Waals surface area contributed by atoms with Crippen LogP contribution in [0.4, 0.5) is 17.1 Å². The summed E-state index contributed by atoms with van der Waals surface area (Å²) in [5, 5.41) is 40.5. The Hall–Kier alpha value is -4.38. The Morgan fingerprint density at radius 3 is 2.06 bits per heavy atom. The van der Waals surface area contributed by atoms with Crippen molar-refractivity contribution in [3.8, 4) is 5.75 Å². The van der Waals surface area contributed by atoms with Crippen molar-refractivity contribution in [1.82, 2.24) is 0 Å². The Labute approximate surface area is 203 Å². The molecule has 3 aromatic carbocycles. The maximum Gasteiger partial charge on any atom is 0.347 e. The second kappa shape index (κ2) is 10.3. The highest BCUT2D eigenvalue weighted by Crippen LogP contribution is 2.35. The molecule has 1 atom stereocenters. The van der Waals surface area contributed by atoms with Gasteiger partial charge in [0.2, 0.25) is 0 Å². The molecule has 0 aliphatic heterocycles. The Balaban J connectivity index is 2.00. The lowest BCUT2D eigenvalue weighted by atomic mass is 9.99. The number of hydrogen-bond donors (Lipinski definition) is 1. The molecule has 0 fully saturated rings. The van der Waals surface area contributed by atoms with Gasteiger partial charge in [-0.3, -0.25) is 20.2 Å². The minimum atomic E-state index is -1.44. The maximum atomic E-state index is 11.4. The van der Waals surface area contributed by atoms with Crippen LogP contribution in [0.1, 0.15) is 31.0 Å². The summed E-state index contributed by atoms with van der Waals surface area (Å²) in [5.41, 5.74) is -1.29. The molecule has 35 heavy (non-hydrogen) atoms. The van der Waals surface area contributed by atoms with Gasteiger partial charge in [0, 0.05) is 11.1 Å². The largest absolute Gasteiger partial charge is 0.478 e. The zero-order valence-electron chi connectivity index (χ0n) is 18.5. The van der Waals surface area contributed by atoms with Crippen molar-refractivity contribution >= 4 is 34.6 Å². The molecule has 0 radical (unpaired) electrons. The number of azo groups is 1. The van der Waals surface area contributed by atoms with Crippen LogP contribution in [0.25, 0.3) is 0 Å². The summed E-state index contributed by atoms with van der Waals surface area (Å²) in [5.74, 6) is -0.807. The monoisotopic (exact) mass is 498 g/mol. The first-order chi connectivity index (χ1) is 16.5. The lowest BCUT2D eigenvalue weighted by Gasteiger charge is -2.22. The third-order valence-electron chi connectivity index (χ3n) is 4.92. The van der Waals surface area contributed by atoms with Crippen LogP contribution in [0, 0.1) is 20.2 Å². The minimum Gasteiger partial charge on any atom is -0.478 e. The molecule has 0 saturated heterocycles. The van der Waals surface area contributed by atoms with Crippen LogP contribution in [-0.4, -0.2) is 26.5 Å². The van der Waals surface area contributed by atoms with E-state index in [1.165, 1.54) is 13.8 Å². The second-order valence-corrected chi connectivity index (χ2v) is 8.28. The number of rotatable bonds is 9. The summed E-state index contributed by atoms with van der Waals surface area (Å²) in [4.78, 5) is 32.2. The first-order valence-corrected chi connectivity index (χ1v) is 10.5. The number of carbonyl (C=O) groups is 1. The molecule has 0 saturated carbocycles. The molecule has 180 valence electrons. The van der Waals surface area contributed by atoms with Crippen molar-refractivity contribution in [1.29, 1.82) is 0 Å². The summed E-state index contributed by atoms with van der Waals surface area (Å²) in [6.07, 6.45) is 0. The van der Waals surface area contributed by atoms with Crippen LogP contribution in [0.3, 0.4) is 0 Å². The number of benzene rings is 3. The van der Waals surface area contributed by atoms with Gasteiger partial charge in [0.15, 0.2) is 11.3 Å². The van der Waals surface area contributed by atoms with Gasteiger partial charge in [-0.25, -0.2) is 4.79 Å². The van der Waals surface area contributed by atoms with Crippen LogP contribution in [0.5, 0.6) is 5.75 Å². The molecule has 0 spiro atoms. The Morgan fingerprint density at radius 2 is 1.54 bits per heavy atom. The standard InChI is InChI=1S/C23H19ClN4O7/c1-23(2,22(29)30)35-18-10-5-15(6-11-18)21(14-3-7-16(24)8-4-14)26-25-19-12-9-17(27(31)32)13-20(19)28(33)34/h3-13,21H,1-2H3,(H,29,30). The number of carboxylic acid groups (broad SMARTS) is 1. The average Bonchev–Trinajstić information content (AvgIpc) is 2.80. The fourth-order valence-corrected chi connectivity index (χ4v) is 3.13. The average molecular weight is 499 g/mol. The van der Waals surface area contributed by atoms with E-state index in [-0.39, 0.29) is 5.69 Å². The van der Waals surface area contributed by atoms with Gasteiger partial charge >= 0.3 is 11.7 Å². The van der Waals surface area contributed by atoms with Crippen molar-refractivity contribution in [2.45, 2.75) is 25.5 Å². The van der Waals surface area contributed by atoms with Gasteiger partial charge in [0.1, 0.15) is 11.8 Å². The molecular weight excluding hydrogens is 480 g/mol. The summed E-state index contributed by atoms with van der Waals surface area (Å²) >= 11 is 5.99. The van der Waals surface area contributed by atoms with E-state index in [0.717, 1.165) is 18.2 Å². The van der Waals surface area contributed by atoms with Crippen LogP contribution >= 0.6 is 11.6 Å². The highest BCUT2D eigenvalue weighted by Gasteiger charge is 2.29. The van der Waals surface area contributed by atoms with Gasteiger partial charge in [-0.1, -0.05) is 35.9 Å². The smallest absolute Gasteiger partial charge is 0.347 e. The van der Waals surface area contributed by atoms with E-state index in [1.807, 2.05) is 0 Å². The molecule has 3 aromatic rings. The number of nitro benzene ring substituents is 2. The summed E-state index contributed by atoms with van der Waals surface area (Å²) < 4.78 is 5.52. The topological polar surface area (TPSA) is 158 Å². The molecule has 0 aromatic heterocycles. The van der Waals surface area contributed by atoms with E-state index >= 15 is 0 Å². The summed E-state index contributed by atoms with van der Waals surface area (Å²) in [7, 11) is 0. The number of nitro groups is 2. The van der Waals surface area contributed by atoms with Crippen molar-refractivity contribution in [2.24, 2.45) is 10.2 Å². The van der Waals surface area contributed by atoms with E-state index < -0.39 is 38.8 Å². The van der Waals surface area contributed by atoms with Crippen molar-refractivity contribution in [2.75, 3.05) is 0 Å². The van der Waals surface area contributed by atoms with Crippen molar-refractivity contribution < 1.29 is 24.5 Å². The molecular formula is C23H19ClN4O7. The molecule has 0 amide bonds. The normalized spacial score (nSPS) is 12.3. The van der Waals surface area contributed by atoms with Crippen molar-refractivity contribution in [3.63, 3.8) is 0 Å². The zero-order chi connectivity index (χ0) is 25.8. The summed E-state index contributed by atoms with van der Waals surface area (Å²) in [6, 6.07) is 15.6. The lowest BCUT2D eigenvalue weighted by molar-refractivity contribution is -0.393. The number of hydrogen-bond acceptors (Lipinski definition) is 8. The maximum absolute atomic E-state index is 11.4. The first-order valence-electron chi connectivity index (χ1n) is 10.1. The predicted octanol–water partition coefficient (Wildman–Crippen LogP) is 6.27. The third kappa shape index (κ3) is 6.15. The highest BCUT2D eigenvalue weighted by atomic mass is 35.5. The zero-order valence-corrected chi connectivity index (χ0v) is 19.2. The number of nitrogens with zero attached hydrogens (tertiary/aromatic N) is 4. The quantitative estimate of drug-likeness (QED) is 0.207. The third-order valence-corrected chi connectivity index (χ3v) is 5.17. The van der Waals surface area contributed by atoms with E-state index in [1.54, 1.807) is 48.5 Å². The number of aliphatic carboxylic acids is 1. The molecule has 12 heteroatoms. The van der Waals surface area contributed by atoms with Crippen LogP contribution in [0.2, 0.25) is 5.02 Å². The number of carboxylic acids is 1. The van der Waals surface area contributed by atoms with Crippen LogP contribution in [0.15, 0.2) is 77.0 Å². The number of ether oxygens (including phenoxy) is 1. The lowest BCUT2D eigenvalue weighted by Crippen LogP contribution is -2.37. The van der Waals surface area contributed by atoms with E-state index in [9.17, 15) is 30.1 Å². The van der Waals surface area contributed by atoms with Gasteiger partial charge in [-0.15, -0.1) is 5.11 Å². The Morgan fingerprint density at radius 1 is 0.971 bits per heavy atom. The van der Waals surface area contributed by atoms with Gasteiger partial charge in [0.05, 0.1) is 15.9 Å². The van der Waals surface area contributed by atoms with Crippen LogP contribution in [-0.2, 0) is 4.79 Å². The van der Waals surface area contributed by atoms with Gasteiger partial charge in [0.25, 0.3) is 5.69 Å². The second-order valence-electron chi connectivity index (χ2n) is 7.84. The predicted molar refractivity (Wildman–Crippen MR) is 126 cm³/mol. The van der Waals surface area contributed by atoms with E-state index in [2.05, 4.69) is 10.2 Å². The Kier molecular flexibility index (Phi) is 7.40. The molecule has 3 rings (SSSR count). The number of halogens is 1. The molecule has 0 heterocycles. The molecule has 1 N–H and O–H groups in total. The number of non-ortho nitro benzene ring substituents is 1. The van der Waals surface area contributed by atoms with E-state index in [4.69, 9.17) is 16.3 Å². The fourth-order valence-electron chi connectivity index (χ4n) is 3.00. The molecule has 0 bridgehead atoms. The molecule has 11 nitrogen and oxygen atoms in total. The van der Waals surface area contributed by atoms with E-state index in [0.29, 0.717) is 21.9 Å². The highest BCUT2D eigenvalue weighted by molar-refractivity contribution is 6.30. The van der Waals surface area contributed by atoms with Crippen LogP contribution < -0.4 is 4.74 Å². The minimum absolute atomic E-state index is 0.150. The molecule has 1 unspecified atom stereocenters.